The van der Waals surface area contributed by atoms with E-state index >= 15 is 0 Å². The largest absolute Gasteiger partial charge is 0.386 e. The lowest BCUT2D eigenvalue weighted by Crippen LogP contribution is -2.10. The van der Waals surface area contributed by atoms with Crippen molar-refractivity contribution in [1.29, 1.82) is 0 Å². The van der Waals surface area contributed by atoms with Crippen molar-refractivity contribution in [3.8, 4) is 0 Å². The molecule has 1 N–H and O–H groups in total. The van der Waals surface area contributed by atoms with E-state index in [4.69, 9.17) is 0 Å². The molecular weight excluding hydrogens is 166 g/mol. The minimum absolute atomic E-state index is 0.928. The molecule has 0 aromatic rings. The van der Waals surface area contributed by atoms with Crippen LogP contribution in [0, 0.1) is 0 Å². The summed E-state index contributed by atoms with van der Waals surface area (Å²) in [6, 6.07) is 0. The quantitative estimate of drug-likeness (QED) is 0.590. The maximum Gasteiger partial charge on any atom is 0.0461 e. The van der Waals surface area contributed by atoms with Crippen molar-refractivity contribution in [3.05, 3.63) is 22.3 Å². The monoisotopic (exact) mass is 173 g/mol. The highest BCUT2D eigenvalue weighted by molar-refractivity contribution is 9.11. The molecule has 0 spiro atoms. The van der Waals surface area contributed by atoms with Gasteiger partial charge in [-0.15, -0.1) is 0 Å². The molecule has 0 aliphatic carbocycles. The summed E-state index contributed by atoms with van der Waals surface area (Å²) >= 11 is 3.39. The standard InChI is InChI=1S/C6H8BrN/c1-5-2-6(7)4-8-3-5/h2-3,8H,4H2,1H3. The Labute approximate surface area is 57.6 Å². The zero-order chi connectivity index (χ0) is 5.98. The minimum atomic E-state index is 0.928. The van der Waals surface area contributed by atoms with Gasteiger partial charge >= 0.3 is 0 Å². The number of halogens is 1. The second kappa shape index (κ2) is 2.35. The third-order valence-corrected chi connectivity index (χ3v) is 1.49. The SMILES string of the molecule is CC1=CNCC(Br)=C1. The first-order valence-corrected chi connectivity index (χ1v) is 3.34. The van der Waals surface area contributed by atoms with E-state index in [1.807, 2.05) is 6.20 Å². The second-order valence-electron chi connectivity index (χ2n) is 1.86. The topological polar surface area (TPSA) is 12.0 Å². The lowest BCUT2D eigenvalue weighted by molar-refractivity contribution is 0.947. The van der Waals surface area contributed by atoms with Crippen molar-refractivity contribution in [2.24, 2.45) is 0 Å². The van der Waals surface area contributed by atoms with Crippen molar-refractivity contribution < 1.29 is 0 Å². The van der Waals surface area contributed by atoms with Gasteiger partial charge in [0.05, 0.1) is 0 Å². The molecule has 0 saturated heterocycles. The van der Waals surface area contributed by atoms with Crippen LogP contribution in [0.25, 0.3) is 0 Å². The molecule has 0 bridgehead atoms. The predicted molar refractivity (Wildman–Crippen MR) is 38.8 cm³/mol. The minimum Gasteiger partial charge on any atom is -0.386 e. The van der Waals surface area contributed by atoms with Crippen LogP contribution in [0.1, 0.15) is 6.92 Å². The van der Waals surface area contributed by atoms with Crippen molar-refractivity contribution in [1.82, 2.24) is 5.32 Å². The van der Waals surface area contributed by atoms with E-state index in [1.54, 1.807) is 0 Å². The molecule has 1 aliphatic heterocycles. The Kier molecular flexibility index (Phi) is 1.73. The Morgan fingerprint density at radius 2 is 2.50 bits per heavy atom. The zero-order valence-electron chi connectivity index (χ0n) is 4.74. The van der Waals surface area contributed by atoms with Crippen molar-refractivity contribution >= 4 is 15.9 Å². The fourth-order valence-corrected chi connectivity index (χ4v) is 1.17. The van der Waals surface area contributed by atoms with Crippen LogP contribution in [0.3, 0.4) is 0 Å². The van der Waals surface area contributed by atoms with Crippen LogP contribution in [-0.4, -0.2) is 6.54 Å². The van der Waals surface area contributed by atoms with Gasteiger partial charge in [-0.05, 0) is 24.8 Å². The van der Waals surface area contributed by atoms with E-state index in [0.29, 0.717) is 0 Å². The smallest absolute Gasteiger partial charge is 0.0461 e. The molecule has 0 amide bonds. The molecule has 0 aromatic carbocycles. The van der Waals surface area contributed by atoms with Crippen LogP contribution in [0.2, 0.25) is 0 Å². The molecule has 0 atom stereocenters. The Hall–Kier alpha value is -0.240. The molecule has 0 unspecified atom stereocenters. The van der Waals surface area contributed by atoms with Gasteiger partial charge in [0.15, 0.2) is 0 Å². The van der Waals surface area contributed by atoms with Crippen LogP contribution in [-0.2, 0) is 0 Å². The molecule has 1 heterocycles. The molecular formula is C6H8BrN. The highest BCUT2D eigenvalue weighted by Crippen LogP contribution is 2.10. The maximum atomic E-state index is 3.39. The average Bonchev–Trinajstić information content (AvgIpc) is 1.64. The molecule has 44 valence electrons. The van der Waals surface area contributed by atoms with Gasteiger partial charge in [0.1, 0.15) is 0 Å². The lowest BCUT2D eigenvalue weighted by Gasteiger charge is -2.06. The fourth-order valence-electron chi connectivity index (χ4n) is 0.649. The van der Waals surface area contributed by atoms with Gasteiger partial charge in [0.2, 0.25) is 0 Å². The number of allylic oxidation sites excluding steroid dienone is 2. The van der Waals surface area contributed by atoms with Gasteiger partial charge in [0.25, 0.3) is 0 Å². The summed E-state index contributed by atoms with van der Waals surface area (Å²) in [4.78, 5) is 0. The summed E-state index contributed by atoms with van der Waals surface area (Å²) in [7, 11) is 0. The Morgan fingerprint density at radius 1 is 1.75 bits per heavy atom. The van der Waals surface area contributed by atoms with E-state index in [0.717, 1.165) is 6.54 Å². The third kappa shape index (κ3) is 1.37. The molecule has 0 radical (unpaired) electrons. The normalized spacial score (nSPS) is 18.8. The van der Waals surface area contributed by atoms with Crippen LogP contribution >= 0.6 is 15.9 Å². The van der Waals surface area contributed by atoms with E-state index in [2.05, 4.69) is 34.2 Å². The summed E-state index contributed by atoms with van der Waals surface area (Å²) in [5, 5.41) is 3.11. The molecule has 1 aliphatic rings. The first kappa shape index (κ1) is 5.89. The van der Waals surface area contributed by atoms with Gasteiger partial charge in [-0.25, -0.2) is 0 Å². The molecule has 2 heteroatoms. The van der Waals surface area contributed by atoms with Gasteiger partial charge in [-0.3, -0.25) is 0 Å². The second-order valence-corrected chi connectivity index (χ2v) is 2.88. The summed E-state index contributed by atoms with van der Waals surface area (Å²) in [5.74, 6) is 0. The summed E-state index contributed by atoms with van der Waals surface area (Å²) in [6.07, 6.45) is 4.11. The molecule has 1 nitrogen and oxygen atoms in total. The van der Waals surface area contributed by atoms with E-state index in [-0.39, 0.29) is 0 Å². The van der Waals surface area contributed by atoms with Crippen LogP contribution in [0.15, 0.2) is 22.3 Å². The van der Waals surface area contributed by atoms with Crippen molar-refractivity contribution in [2.45, 2.75) is 6.92 Å². The fraction of sp³-hybridized carbons (Fsp3) is 0.333. The lowest BCUT2D eigenvalue weighted by atomic mass is 10.2. The number of rotatable bonds is 0. The van der Waals surface area contributed by atoms with Crippen molar-refractivity contribution in [2.75, 3.05) is 6.54 Å². The highest BCUT2D eigenvalue weighted by atomic mass is 79.9. The van der Waals surface area contributed by atoms with E-state index in [1.165, 1.54) is 10.1 Å². The van der Waals surface area contributed by atoms with Gasteiger partial charge in [-0.2, -0.15) is 0 Å². The van der Waals surface area contributed by atoms with Gasteiger partial charge in [-0.1, -0.05) is 15.9 Å². The van der Waals surface area contributed by atoms with E-state index in [9.17, 15) is 0 Å². The Morgan fingerprint density at radius 3 is 2.88 bits per heavy atom. The summed E-state index contributed by atoms with van der Waals surface area (Å²) < 4.78 is 1.22. The van der Waals surface area contributed by atoms with Crippen LogP contribution in [0.4, 0.5) is 0 Å². The molecule has 8 heavy (non-hydrogen) atoms. The molecule has 1 rings (SSSR count). The maximum absolute atomic E-state index is 3.39. The first-order valence-electron chi connectivity index (χ1n) is 2.55. The summed E-state index contributed by atoms with van der Waals surface area (Å²) in [5.41, 5.74) is 1.27. The van der Waals surface area contributed by atoms with Crippen LogP contribution < -0.4 is 5.32 Å². The number of dihydropyridines is 1. The zero-order valence-corrected chi connectivity index (χ0v) is 6.33. The van der Waals surface area contributed by atoms with E-state index < -0.39 is 0 Å². The van der Waals surface area contributed by atoms with Gasteiger partial charge in [0, 0.05) is 11.0 Å². The predicted octanol–water partition coefficient (Wildman–Crippen LogP) is 1.77. The Balaban J connectivity index is 2.69. The third-order valence-electron chi connectivity index (χ3n) is 0.985. The number of hydrogen-bond donors (Lipinski definition) is 1. The van der Waals surface area contributed by atoms with Gasteiger partial charge < -0.3 is 5.32 Å². The molecule has 0 fully saturated rings. The Bertz CT molecular complexity index is 147. The number of hydrogen-bond acceptors (Lipinski definition) is 1. The summed E-state index contributed by atoms with van der Waals surface area (Å²) in [6.45, 7) is 2.99. The van der Waals surface area contributed by atoms with Crippen LogP contribution in [0.5, 0.6) is 0 Å². The number of nitrogens with one attached hydrogen (secondary N) is 1. The highest BCUT2D eigenvalue weighted by Gasteiger charge is 1.94. The first-order chi connectivity index (χ1) is 3.79. The molecule has 0 saturated carbocycles. The van der Waals surface area contributed by atoms with Crippen molar-refractivity contribution in [3.63, 3.8) is 0 Å². The molecule has 0 aromatic heterocycles. The average molecular weight is 174 g/mol.